The van der Waals surface area contributed by atoms with Gasteiger partial charge in [0.25, 0.3) is 5.91 Å². The lowest BCUT2D eigenvalue weighted by atomic mass is 10.2. The van der Waals surface area contributed by atoms with Crippen LogP contribution in [0.5, 0.6) is 0 Å². The van der Waals surface area contributed by atoms with E-state index in [9.17, 15) is 19.5 Å². The first-order valence-corrected chi connectivity index (χ1v) is 9.56. The van der Waals surface area contributed by atoms with Gasteiger partial charge in [0.1, 0.15) is 10.9 Å². The van der Waals surface area contributed by atoms with Crippen molar-refractivity contribution in [3.63, 3.8) is 0 Å². The predicted octanol–water partition coefficient (Wildman–Crippen LogP) is 2.54. The van der Waals surface area contributed by atoms with Crippen LogP contribution >= 0.6 is 35.6 Å². The van der Waals surface area contributed by atoms with Crippen LogP contribution in [-0.2, 0) is 9.59 Å². The summed E-state index contributed by atoms with van der Waals surface area (Å²) in [6.45, 7) is -0.292. The van der Waals surface area contributed by atoms with E-state index in [-0.39, 0.29) is 22.1 Å². The molecule has 1 fully saturated rings. The second-order valence-corrected chi connectivity index (χ2v) is 7.79. The first kappa shape index (κ1) is 20.1. The van der Waals surface area contributed by atoms with Crippen molar-refractivity contribution in [1.29, 1.82) is 0 Å². The number of carbonyl (C=O) groups is 3. The first-order valence-electron chi connectivity index (χ1n) is 7.96. The monoisotopic (exact) mass is 431 g/mol. The molecule has 2 amide bonds. The number of rotatable bonds is 5. The van der Waals surface area contributed by atoms with Gasteiger partial charge in [-0.3, -0.25) is 14.5 Å². The second-order valence-electron chi connectivity index (χ2n) is 5.71. The smallest absolute Gasteiger partial charge is 0.266 e. The first-order chi connectivity index (χ1) is 13.3. The van der Waals surface area contributed by atoms with Gasteiger partial charge < -0.3 is 15.2 Å². The Kier molecular flexibility index (Phi) is 6.13. The van der Waals surface area contributed by atoms with Crippen molar-refractivity contribution in [1.82, 2.24) is 4.90 Å². The van der Waals surface area contributed by atoms with Crippen LogP contribution in [0.25, 0.3) is 6.08 Å². The van der Waals surface area contributed by atoms with Crippen molar-refractivity contribution in [2.75, 3.05) is 11.9 Å². The predicted molar refractivity (Wildman–Crippen MR) is 111 cm³/mol. The molecule has 1 N–H and O–H groups in total. The molecule has 1 heterocycles. The summed E-state index contributed by atoms with van der Waals surface area (Å²) >= 11 is 12.4. The van der Waals surface area contributed by atoms with Crippen molar-refractivity contribution >= 4 is 69.4 Å². The van der Waals surface area contributed by atoms with Gasteiger partial charge in [0.2, 0.25) is 5.91 Å². The summed E-state index contributed by atoms with van der Waals surface area (Å²) in [5.41, 5.74) is 0.892. The zero-order valence-corrected chi connectivity index (χ0v) is 16.6. The molecule has 0 atom stereocenters. The normalized spacial score (nSPS) is 15.2. The van der Waals surface area contributed by atoms with Gasteiger partial charge in [-0.1, -0.05) is 65.9 Å². The van der Waals surface area contributed by atoms with E-state index in [0.29, 0.717) is 15.5 Å². The van der Waals surface area contributed by atoms with Crippen LogP contribution in [0, 0.1) is 0 Å². The summed E-state index contributed by atoms with van der Waals surface area (Å²) in [4.78, 5) is 37.3. The highest BCUT2D eigenvalue weighted by molar-refractivity contribution is 8.26. The van der Waals surface area contributed by atoms with E-state index >= 15 is 0 Å². The molecule has 0 aromatic heterocycles. The van der Waals surface area contributed by atoms with Gasteiger partial charge in [0, 0.05) is 10.7 Å². The van der Waals surface area contributed by atoms with Crippen molar-refractivity contribution in [3.8, 4) is 0 Å². The largest absolute Gasteiger partial charge is 0.545 e. The number of anilines is 1. The molecular weight excluding hydrogens is 420 g/mol. The fourth-order valence-corrected chi connectivity index (χ4v) is 3.87. The Hall–Kier alpha value is -2.68. The third-order valence-electron chi connectivity index (χ3n) is 3.75. The SMILES string of the molecule is O=C(CN1C(=O)C(=Cc2ccccc2Cl)SC1=S)Nc1cccc(C(=O)[O-])c1. The fourth-order valence-electron chi connectivity index (χ4n) is 2.44. The number of benzene rings is 2. The van der Waals surface area contributed by atoms with Crippen LogP contribution in [0.2, 0.25) is 5.02 Å². The average Bonchev–Trinajstić information content (AvgIpc) is 2.91. The molecule has 0 unspecified atom stereocenters. The molecule has 142 valence electrons. The summed E-state index contributed by atoms with van der Waals surface area (Å²) in [6.07, 6.45) is 1.63. The van der Waals surface area contributed by atoms with Crippen LogP contribution in [0.4, 0.5) is 5.69 Å². The van der Waals surface area contributed by atoms with Crippen molar-refractivity contribution in [2.24, 2.45) is 0 Å². The molecule has 28 heavy (non-hydrogen) atoms. The van der Waals surface area contributed by atoms with Crippen LogP contribution in [-0.4, -0.2) is 33.5 Å². The summed E-state index contributed by atoms with van der Waals surface area (Å²) in [5.74, 6) is -2.25. The Morgan fingerprint density at radius 3 is 2.68 bits per heavy atom. The summed E-state index contributed by atoms with van der Waals surface area (Å²) < 4.78 is 0.252. The minimum Gasteiger partial charge on any atom is -0.545 e. The molecule has 0 bridgehead atoms. The Morgan fingerprint density at radius 2 is 1.96 bits per heavy atom. The van der Waals surface area contributed by atoms with E-state index in [4.69, 9.17) is 23.8 Å². The summed E-state index contributed by atoms with van der Waals surface area (Å²) in [5, 5.41) is 13.9. The van der Waals surface area contributed by atoms with Gasteiger partial charge >= 0.3 is 0 Å². The molecule has 6 nitrogen and oxygen atoms in total. The Balaban J connectivity index is 1.71. The van der Waals surface area contributed by atoms with Gasteiger partial charge in [-0.15, -0.1) is 0 Å². The number of halogens is 1. The van der Waals surface area contributed by atoms with Gasteiger partial charge in [-0.05, 0) is 35.4 Å². The van der Waals surface area contributed by atoms with E-state index < -0.39 is 17.8 Å². The number of nitrogens with one attached hydrogen (secondary N) is 1. The molecular formula is C19H12ClN2O4S2-. The van der Waals surface area contributed by atoms with E-state index in [1.165, 1.54) is 29.2 Å². The van der Waals surface area contributed by atoms with E-state index in [2.05, 4.69) is 5.32 Å². The van der Waals surface area contributed by atoms with Crippen molar-refractivity contribution in [2.45, 2.75) is 0 Å². The number of amides is 2. The minimum atomic E-state index is -1.35. The van der Waals surface area contributed by atoms with Crippen LogP contribution < -0.4 is 10.4 Å². The molecule has 1 saturated heterocycles. The molecule has 1 aliphatic heterocycles. The van der Waals surface area contributed by atoms with Gasteiger partial charge in [-0.2, -0.15) is 0 Å². The minimum absolute atomic E-state index is 0.0638. The maximum atomic E-state index is 12.6. The average molecular weight is 432 g/mol. The molecule has 1 aliphatic rings. The fraction of sp³-hybridized carbons (Fsp3) is 0.0526. The number of hydrogen-bond acceptors (Lipinski definition) is 6. The molecule has 0 aliphatic carbocycles. The highest BCUT2D eigenvalue weighted by Crippen LogP contribution is 2.33. The summed E-state index contributed by atoms with van der Waals surface area (Å²) in [6, 6.07) is 12.7. The Labute approximate surface area is 175 Å². The molecule has 2 aromatic carbocycles. The molecule has 0 saturated carbocycles. The van der Waals surface area contributed by atoms with E-state index in [0.717, 1.165) is 11.8 Å². The number of nitrogens with zero attached hydrogens (tertiary/aromatic N) is 1. The number of carboxylic acid groups (broad SMARTS) is 1. The molecule has 9 heteroatoms. The van der Waals surface area contributed by atoms with E-state index in [1.807, 2.05) is 0 Å². The molecule has 0 radical (unpaired) electrons. The third-order valence-corrected chi connectivity index (χ3v) is 5.47. The van der Waals surface area contributed by atoms with Crippen LogP contribution in [0.3, 0.4) is 0 Å². The lowest BCUT2D eigenvalue weighted by molar-refractivity contribution is -0.255. The lowest BCUT2D eigenvalue weighted by Gasteiger charge is -2.14. The number of thiocarbonyl (C=S) groups is 1. The highest BCUT2D eigenvalue weighted by Gasteiger charge is 2.33. The zero-order chi connectivity index (χ0) is 20.3. The number of thioether (sulfide) groups is 1. The molecule has 2 aromatic rings. The number of carbonyl (C=O) groups excluding carboxylic acids is 3. The lowest BCUT2D eigenvalue weighted by Crippen LogP contribution is -2.36. The quantitative estimate of drug-likeness (QED) is 0.578. The summed E-state index contributed by atoms with van der Waals surface area (Å²) in [7, 11) is 0. The molecule has 0 spiro atoms. The molecule has 3 rings (SSSR count). The maximum Gasteiger partial charge on any atom is 0.266 e. The third kappa shape index (κ3) is 4.59. The topological polar surface area (TPSA) is 89.5 Å². The Morgan fingerprint density at radius 1 is 1.21 bits per heavy atom. The van der Waals surface area contributed by atoms with Crippen molar-refractivity contribution < 1.29 is 19.5 Å². The van der Waals surface area contributed by atoms with Gasteiger partial charge in [-0.25, -0.2) is 0 Å². The Bertz CT molecular complexity index is 1020. The van der Waals surface area contributed by atoms with Crippen molar-refractivity contribution in [3.05, 3.63) is 69.6 Å². The standard InChI is InChI=1S/C19H13ClN2O4S2/c20-14-7-2-1-4-11(14)9-15-17(24)22(19(27)28-15)10-16(23)21-13-6-3-5-12(8-13)18(25)26/h1-9H,10H2,(H,21,23)(H,25,26)/p-1. The zero-order valence-electron chi connectivity index (χ0n) is 14.2. The number of carboxylic acids is 1. The second kappa shape index (κ2) is 8.55. The van der Waals surface area contributed by atoms with Gasteiger partial charge in [0.15, 0.2) is 0 Å². The van der Waals surface area contributed by atoms with Crippen LogP contribution in [0.15, 0.2) is 53.4 Å². The van der Waals surface area contributed by atoms with E-state index in [1.54, 1.807) is 30.3 Å². The maximum absolute atomic E-state index is 12.6. The highest BCUT2D eigenvalue weighted by atomic mass is 35.5. The van der Waals surface area contributed by atoms with Gasteiger partial charge in [0.05, 0.1) is 10.9 Å². The number of aromatic carboxylic acids is 1. The number of hydrogen-bond donors (Lipinski definition) is 1. The van der Waals surface area contributed by atoms with Crippen LogP contribution in [0.1, 0.15) is 15.9 Å².